The maximum Gasteiger partial charge on any atom is 0.416 e. The summed E-state index contributed by atoms with van der Waals surface area (Å²) in [6, 6.07) is 9.89. The largest absolute Gasteiger partial charge is 0.494 e. The molecule has 7 heteroatoms. The number of H-pyrrole nitrogens is 1. The molecule has 3 rings (SSSR count). The quantitative estimate of drug-likeness (QED) is 0.679. The van der Waals surface area contributed by atoms with Gasteiger partial charge in [-0.3, -0.25) is 4.79 Å². The molecule has 136 valence electrons. The van der Waals surface area contributed by atoms with E-state index >= 15 is 0 Å². The molecule has 0 saturated carbocycles. The number of hydrogen-bond donors (Lipinski definition) is 2. The molecular formula is C19H16F3NO3. The van der Waals surface area contributed by atoms with Gasteiger partial charge >= 0.3 is 12.1 Å². The molecule has 4 nitrogen and oxygen atoms in total. The molecule has 0 atom stereocenters. The Kier molecular flexibility index (Phi) is 4.63. The summed E-state index contributed by atoms with van der Waals surface area (Å²) in [7, 11) is 0. The van der Waals surface area contributed by atoms with Crippen molar-refractivity contribution in [1.82, 2.24) is 4.98 Å². The van der Waals surface area contributed by atoms with Gasteiger partial charge < -0.3 is 14.8 Å². The molecule has 1 heterocycles. The van der Waals surface area contributed by atoms with Gasteiger partial charge in [0.2, 0.25) is 0 Å². The van der Waals surface area contributed by atoms with E-state index in [1.165, 1.54) is 12.1 Å². The molecule has 1 aromatic heterocycles. The summed E-state index contributed by atoms with van der Waals surface area (Å²) >= 11 is 0. The van der Waals surface area contributed by atoms with Crippen LogP contribution in [0.4, 0.5) is 13.2 Å². The van der Waals surface area contributed by atoms with Crippen LogP contribution in [0.1, 0.15) is 18.1 Å². The summed E-state index contributed by atoms with van der Waals surface area (Å²) in [4.78, 5) is 14.4. The molecule has 0 unspecified atom stereocenters. The fraction of sp³-hybridized carbons (Fsp3) is 0.211. The first-order valence-corrected chi connectivity index (χ1v) is 7.96. The molecule has 26 heavy (non-hydrogen) atoms. The van der Waals surface area contributed by atoms with Crippen LogP contribution in [0, 0.1) is 0 Å². The molecule has 0 aliphatic heterocycles. The minimum absolute atomic E-state index is 0.258. The number of carboxylic acid groups (broad SMARTS) is 1. The van der Waals surface area contributed by atoms with Crippen LogP contribution < -0.4 is 4.74 Å². The Morgan fingerprint density at radius 1 is 1.15 bits per heavy atom. The van der Waals surface area contributed by atoms with Crippen molar-refractivity contribution in [2.45, 2.75) is 19.5 Å². The SMILES string of the molecule is CCOc1ccc2[nH]c(-c3ccc(C(F)(F)F)cc3)c(CC(=O)O)c2c1. The van der Waals surface area contributed by atoms with Gasteiger partial charge in [-0.25, -0.2) is 0 Å². The monoisotopic (exact) mass is 363 g/mol. The smallest absolute Gasteiger partial charge is 0.416 e. The van der Waals surface area contributed by atoms with E-state index in [-0.39, 0.29) is 6.42 Å². The fourth-order valence-electron chi connectivity index (χ4n) is 2.89. The highest BCUT2D eigenvalue weighted by Gasteiger charge is 2.30. The van der Waals surface area contributed by atoms with Gasteiger partial charge in [0.15, 0.2) is 0 Å². The molecule has 2 aromatic carbocycles. The van der Waals surface area contributed by atoms with Gasteiger partial charge in [-0.05, 0) is 48.4 Å². The number of aliphatic carboxylic acids is 1. The van der Waals surface area contributed by atoms with Gasteiger partial charge in [-0.1, -0.05) is 12.1 Å². The lowest BCUT2D eigenvalue weighted by atomic mass is 10.0. The van der Waals surface area contributed by atoms with Crippen LogP contribution in [0.5, 0.6) is 5.75 Å². The lowest BCUT2D eigenvalue weighted by molar-refractivity contribution is -0.138. The summed E-state index contributed by atoms with van der Waals surface area (Å²) in [6.45, 7) is 2.31. The van der Waals surface area contributed by atoms with Gasteiger partial charge in [-0.2, -0.15) is 13.2 Å². The molecule has 0 radical (unpaired) electrons. The standard InChI is InChI=1S/C19H16F3NO3/c1-2-26-13-7-8-16-14(9-13)15(10-17(24)25)18(23-16)11-3-5-12(6-4-11)19(20,21)22/h3-9,23H,2,10H2,1H3,(H,24,25). The van der Waals surface area contributed by atoms with Crippen molar-refractivity contribution in [1.29, 1.82) is 0 Å². The number of benzene rings is 2. The summed E-state index contributed by atoms with van der Waals surface area (Å²) in [5, 5.41) is 9.92. The normalized spacial score (nSPS) is 11.7. The van der Waals surface area contributed by atoms with Crippen LogP contribution >= 0.6 is 0 Å². The number of rotatable bonds is 5. The van der Waals surface area contributed by atoms with Gasteiger partial charge in [0.25, 0.3) is 0 Å². The maximum atomic E-state index is 12.8. The Morgan fingerprint density at radius 2 is 1.85 bits per heavy atom. The third kappa shape index (κ3) is 3.51. The number of ether oxygens (including phenoxy) is 1. The third-order valence-corrected chi connectivity index (χ3v) is 4.02. The van der Waals surface area contributed by atoms with Crippen molar-refractivity contribution in [2.75, 3.05) is 6.61 Å². The fourth-order valence-corrected chi connectivity index (χ4v) is 2.89. The Morgan fingerprint density at radius 3 is 2.42 bits per heavy atom. The maximum absolute atomic E-state index is 12.8. The number of carbonyl (C=O) groups is 1. The summed E-state index contributed by atoms with van der Waals surface area (Å²) in [5.41, 5.74) is 1.43. The molecule has 0 fully saturated rings. The number of hydrogen-bond acceptors (Lipinski definition) is 2. The molecule has 0 amide bonds. The first kappa shape index (κ1) is 17.8. The van der Waals surface area contributed by atoms with Crippen LogP contribution in [-0.2, 0) is 17.4 Å². The number of halogens is 3. The van der Waals surface area contributed by atoms with Crippen molar-refractivity contribution in [3.05, 3.63) is 53.6 Å². The van der Waals surface area contributed by atoms with Crippen LogP contribution in [0.25, 0.3) is 22.2 Å². The zero-order chi connectivity index (χ0) is 18.9. The molecule has 0 aliphatic carbocycles. The predicted octanol–water partition coefficient (Wildman–Crippen LogP) is 4.88. The third-order valence-electron chi connectivity index (χ3n) is 4.02. The Labute approximate surface area is 147 Å². The average molecular weight is 363 g/mol. The summed E-state index contributed by atoms with van der Waals surface area (Å²) in [6.07, 6.45) is -4.68. The zero-order valence-corrected chi connectivity index (χ0v) is 13.9. The van der Waals surface area contributed by atoms with Gasteiger partial charge in [0, 0.05) is 10.9 Å². The highest BCUT2D eigenvalue weighted by molar-refractivity contribution is 5.94. The number of aromatic amines is 1. The summed E-state index contributed by atoms with van der Waals surface area (Å²) < 4.78 is 43.7. The highest BCUT2D eigenvalue weighted by atomic mass is 19.4. The topological polar surface area (TPSA) is 62.3 Å². The second kappa shape index (κ2) is 6.74. The molecular weight excluding hydrogens is 347 g/mol. The van der Waals surface area contributed by atoms with Crippen molar-refractivity contribution < 1.29 is 27.8 Å². The van der Waals surface area contributed by atoms with Crippen LogP contribution in [-0.4, -0.2) is 22.7 Å². The number of carboxylic acids is 1. The minimum atomic E-state index is -4.42. The Hall–Kier alpha value is -2.96. The second-order valence-electron chi connectivity index (χ2n) is 5.76. The Bertz CT molecular complexity index is 943. The van der Waals surface area contributed by atoms with Crippen molar-refractivity contribution in [2.24, 2.45) is 0 Å². The molecule has 0 aliphatic rings. The van der Waals surface area contributed by atoms with Gasteiger partial charge in [0.05, 0.1) is 24.3 Å². The van der Waals surface area contributed by atoms with Crippen molar-refractivity contribution in [3.63, 3.8) is 0 Å². The van der Waals surface area contributed by atoms with E-state index in [1.807, 2.05) is 6.92 Å². The van der Waals surface area contributed by atoms with E-state index in [0.717, 1.165) is 12.1 Å². The lowest BCUT2D eigenvalue weighted by Crippen LogP contribution is -2.04. The number of nitrogens with one attached hydrogen (secondary N) is 1. The number of aromatic nitrogens is 1. The highest BCUT2D eigenvalue weighted by Crippen LogP contribution is 2.35. The van der Waals surface area contributed by atoms with Crippen LogP contribution in [0.15, 0.2) is 42.5 Å². The Balaban J connectivity index is 2.13. The van der Waals surface area contributed by atoms with E-state index in [2.05, 4.69) is 4.98 Å². The van der Waals surface area contributed by atoms with Crippen molar-refractivity contribution in [3.8, 4) is 17.0 Å². The van der Waals surface area contributed by atoms with Gasteiger partial charge in [-0.15, -0.1) is 0 Å². The van der Waals surface area contributed by atoms with E-state index in [0.29, 0.717) is 40.1 Å². The van der Waals surface area contributed by atoms with Crippen molar-refractivity contribution >= 4 is 16.9 Å². The summed E-state index contributed by atoms with van der Waals surface area (Å²) in [5.74, 6) is -0.425. The number of alkyl halides is 3. The molecule has 0 bridgehead atoms. The minimum Gasteiger partial charge on any atom is -0.494 e. The average Bonchev–Trinajstić information content (AvgIpc) is 2.92. The van der Waals surface area contributed by atoms with Crippen LogP contribution in [0.3, 0.4) is 0 Å². The molecule has 0 saturated heterocycles. The zero-order valence-electron chi connectivity index (χ0n) is 13.9. The van der Waals surface area contributed by atoms with E-state index in [4.69, 9.17) is 4.74 Å². The molecule has 0 spiro atoms. The van der Waals surface area contributed by atoms with Crippen LogP contribution in [0.2, 0.25) is 0 Å². The second-order valence-corrected chi connectivity index (χ2v) is 5.76. The van der Waals surface area contributed by atoms with Gasteiger partial charge in [0.1, 0.15) is 5.75 Å². The van der Waals surface area contributed by atoms with E-state index in [9.17, 15) is 23.1 Å². The number of fused-ring (bicyclic) bond motifs is 1. The first-order chi connectivity index (χ1) is 12.3. The molecule has 3 aromatic rings. The predicted molar refractivity (Wildman–Crippen MR) is 91.2 cm³/mol. The lowest BCUT2D eigenvalue weighted by Gasteiger charge is -2.08. The van der Waals surface area contributed by atoms with E-state index < -0.39 is 17.7 Å². The molecule has 2 N–H and O–H groups in total. The van der Waals surface area contributed by atoms with E-state index in [1.54, 1.807) is 18.2 Å². The first-order valence-electron chi connectivity index (χ1n) is 7.96.